The molecule has 17 heteroatoms. The molecular formula is C48H56Cl2F2N4O9. The van der Waals surface area contributed by atoms with Gasteiger partial charge in [0.15, 0.2) is 12.4 Å². The van der Waals surface area contributed by atoms with Gasteiger partial charge in [-0.05, 0) is 87.8 Å². The first-order valence-electron chi connectivity index (χ1n) is 21.0. The van der Waals surface area contributed by atoms with Gasteiger partial charge in [0, 0.05) is 41.1 Å². The normalized spacial score (nSPS) is 18.7. The van der Waals surface area contributed by atoms with Crippen LogP contribution in [0.2, 0.25) is 10.0 Å². The number of carbonyl (C=O) groups is 5. The third-order valence-corrected chi connectivity index (χ3v) is 11.1. The summed E-state index contributed by atoms with van der Waals surface area (Å²) >= 11 is 12.4. The number of methoxy groups -OCH3 is 1. The average molecular weight is 942 g/mol. The lowest BCUT2D eigenvalue weighted by Gasteiger charge is -2.37. The van der Waals surface area contributed by atoms with Gasteiger partial charge < -0.3 is 34.9 Å². The van der Waals surface area contributed by atoms with E-state index in [1.165, 1.54) is 61.7 Å². The Hall–Kier alpha value is -5.56. The third-order valence-electron chi connectivity index (χ3n) is 10.6. The van der Waals surface area contributed by atoms with Crippen molar-refractivity contribution >= 4 is 52.9 Å². The predicted octanol–water partition coefficient (Wildman–Crippen LogP) is 8.48. The number of hydrogen-bond acceptors (Lipinski definition) is 11. The van der Waals surface area contributed by atoms with Crippen molar-refractivity contribution in [2.75, 3.05) is 26.9 Å². The third kappa shape index (κ3) is 13.7. The Morgan fingerprint density at radius 3 is 2.35 bits per heavy atom. The molecule has 0 saturated carbocycles. The zero-order valence-electron chi connectivity index (χ0n) is 37.6. The molecule has 3 N–H and O–H groups in total. The van der Waals surface area contributed by atoms with Crippen molar-refractivity contribution in [2.24, 2.45) is 5.41 Å². The molecule has 3 aromatic rings. The highest BCUT2D eigenvalue weighted by atomic mass is 35.5. The molecule has 65 heavy (non-hydrogen) atoms. The summed E-state index contributed by atoms with van der Waals surface area (Å²) < 4.78 is 53.4. The first-order chi connectivity index (χ1) is 30.5. The fourth-order valence-corrected chi connectivity index (χ4v) is 8.18. The Kier molecular flexibility index (Phi) is 18.1. The number of ether oxygens (including phenoxy) is 4. The molecule has 5 atom stereocenters. The Morgan fingerprint density at radius 1 is 1.00 bits per heavy atom. The van der Waals surface area contributed by atoms with Crippen LogP contribution in [0.4, 0.5) is 13.6 Å². The molecular weight excluding hydrogens is 885 g/mol. The summed E-state index contributed by atoms with van der Waals surface area (Å²) in [5, 5.41) is 19.5. The zero-order chi connectivity index (χ0) is 48.3. The quantitative estimate of drug-likeness (QED) is 0.0454. The van der Waals surface area contributed by atoms with Crippen molar-refractivity contribution in [3.63, 3.8) is 0 Å². The van der Waals surface area contributed by atoms with Crippen LogP contribution in [0.3, 0.4) is 0 Å². The number of unbranched alkanes of at least 4 members (excludes halogenated alkanes) is 1. The second-order valence-corrected chi connectivity index (χ2v) is 18.7. The van der Waals surface area contributed by atoms with E-state index in [4.69, 9.17) is 42.1 Å². The molecule has 13 nitrogen and oxygen atoms in total. The molecule has 0 aromatic heterocycles. The van der Waals surface area contributed by atoms with Gasteiger partial charge in [-0.15, -0.1) is 0 Å². The van der Waals surface area contributed by atoms with E-state index in [2.05, 4.69) is 28.6 Å². The Morgan fingerprint density at radius 2 is 1.72 bits per heavy atom. The summed E-state index contributed by atoms with van der Waals surface area (Å²) in [5.74, 6) is -5.75. The summed E-state index contributed by atoms with van der Waals surface area (Å²) in [5.41, 5.74) is -2.77. The molecule has 2 amide bonds. The number of Topliss-reactive ketones (excluding diaryl/α,β-unsaturated/α-hetero) is 1. The maximum absolute atomic E-state index is 16.1. The highest BCUT2D eigenvalue weighted by Gasteiger charge is 2.61. The lowest BCUT2D eigenvalue weighted by atomic mass is 9.62. The smallest absolute Gasteiger partial charge is 0.407 e. The maximum Gasteiger partial charge on any atom is 0.407 e. The number of amides is 2. The van der Waals surface area contributed by atoms with Crippen LogP contribution in [-0.4, -0.2) is 80.3 Å². The Bertz CT molecular complexity index is 2290. The number of hydrogen-bond donors (Lipinski definition) is 3. The molecule has 0 radical (unpaired) electrons. The lowest BCUT2D eigenvalue weighted by molar-refractivity contribution is -0.147. The molecule has 1 heterocycles. The van der Waals surface area contributed by atoms with Crippen molar-refractivity contribution in [1.82, 2.24) is 16.0 Å². The van der Waals surface area contributed by atoms with E-state index in [0.717, 1.165) is 6.07 Å². The van der Waals surface area contributed by atoms with Gasteiger partial charge in [-0.25, -0.2) is 23.2 Å². The fourth-order valence-electron chi connectivity index (χ4n) is 7.84. The first-order valence-corrected chi connectivity index (χ1v) is 21.8. The second kappa shape index (κ2) is 22.6. The highest BCUT2D eigenvalue weighted by molar-refractivity contribution is 6.31. The summed E-state index contributed by atoms with van der Waals surface area (Å²) in [7, 11) is 1.33. The van der Waals surface area contributed by atoms with Crippen LogP contribution in [0.25, 0.3) is 0 Å². The molecule has 350 valence electrons. The molecule has 0 unspecified atom stereocenters. The minimum absolute atomic E-state index is 0.0323. The van der Waals surface area contributed by atoms with Gasteiger partial charge in [-0.2, -0.15) is 5.26 Å². The molecule has 1 saturated heterocycles. The van der Waals surface area contributed by atoms with Crippen molar-refractivity contribution in [2.45, 2.75) is 109 Å². The van der Waals surface area contributed by atoms with Crippen LogP contribution in [0, 0.1) is 28.4 Å². The van der Waals surface area contributed by atoms with Crippen LogP contribution in [0.15, 0.2) is 67.3 Å². The van der Waals surface area contributed by atoms with E-state index in [9.17, 15) is 29.2 Å². The molecule has 4 rings (SSSR count). The van der Waals surface area contributed by atoms with Gasteiger partial charge in [-0.1, -0.05) is 80.9 Å². The highest BCUT2D eigenvalue weighted by Crippen LogP contribution is 2.53. The average Bonchev–Trinajstić information content (AvgIpc) is 3.54. The molecule has 0 aliphatic carbocycles. The van der Waals surface area contributed by atoms with Crippen LogP contribution >= 0.6 is 23.2 Å². The summed E-state index contributed by atoms with van der Waals surface area (Å²) in [4.78, 5) is 65.4. The number of esters is 2. The molecule has 1 aliphatic rings. The molecule has 3 aromatic carbocycles. The van der Waals surface area contributed by atoms with Crippen LogP contribution < -0.4 is 20.7 Å². The SMILES string of the molecule is C=CCOC(=O)[C@H](CCCCNC(=O)OC(C)(C)C)NC(=O)COC(=O)c1ccc(CC(=O)[C@@H]2N[C@@H](CC(C)(C)C)[C@](C#N)(c3ccc(Cl)cc3F)[C@H]2c2cccc(Cl)c2F)c(OC)c1. The van der Waals surface area contributed by atoms with Crippen molar-refractivity contribution in [3.05, 3.63) is 111 Å². The van der Waals surface area contributed by atoms with Gasteiger partial charge in [0.1, 0.15) is 41.0 Å². The number of halogens is 4. The van der Waals surface area contributed by atoms with E-state index in [0.29, 0.717) is 18.4 Å². The number of ketones is 1. The van der Waals surface area contributed by atoms with E-state index >= 15 is 8.78 Å². The number of rotatable bonds is 19. The fraction of sp³-hybridized carbons (Fsp3) is 0.458. The number of carbonyl (C=O) groups excluding carboxylic acids is 5. The molecule has 1 aliphatic heterocycles. The van der Waals surface area contributed by atoms with Crippen LogP contribution in [0.1, 0.15) is 100 Å². The van der Waals surface area contributed by atoms with Crippen molar-refractivity contribution in [1.29, 1.82) is 5.26 Å². The standard InChI is InChI=1S/C48H56Cl2F2N4O9/c1-9-21-63-44(60)35(15-10-11-20-54-45(61)65-47(5,6)7)55-39(58)26-64-43(59)29-17-16-28(37(23-29)62-8)22-36(57)42-40(31-13-12-14-33(50)41(31)52)48(27-53,38(56-42)25-46(2,3)4)32-19-18-30(49)24-34(32)51/h9,12-14,16-19,23-24,35,38,40,42,56H,1,10-11,15,20-22,25-26H2,2-8H3,(H,54,61)(H,55,58)/t35-,38-,40-,42-,48-/m0/s1. The largest absolute Gasteiger partial charge is 0.496 e. The molecule has 1 fully saturated rings. The lowest BCUT2D eigenvalue weighted by Crippen LogP contribution is -2.44. The first kappa shape index (κ1) is 52.1. The second-order valence-electron chi connectivity index (χ2n) is 17.9. The van der Waals surface area contributed by atoms with Crippen LogP contribution in [-0.2, 0) is 40.4 Å². The number of benzene rings is 3. The van der Waals surface area contributed by atoms with Gasteiger partial charge >= 0.3 is 18.0 Å². The Labute approximate surface area is 388 Å². The predicted molar refractivity (Wildman–Crippen MR) is 241 cm³/mol. The minimum atomic E-state index is -1.83. The summed E-state index contributed by atoms with van der Waals surface area (Å²) in [6.45, 7) is 13.9. The number of nitrogens with zero attached hydrogens (tertiary/aromatic N) is 1. The molecule has 0 bridgehead atoms. The van der Waals surface area contributed by atoms with Gasteiger partial charge in [0.25, 0.3) is 5.91 Å². The topological polar surface area (TPSA) is 182 Å². The zero-order valence-corrected chi connectivity index (χ0v) is 39.1. The molecule has 0 spiro atoms. The van der Waals surface area contributed by atoms with E-state index in [-0.39, 0.29) is 64.9 Å². The summed E-state index contributed by atoms with van der Waals surface area (Å²) in [6.07, 6.45) is 1.75. The van der Waals surface area contributed by atoms with E-state index < -0.39 is 88.4 Å². The minimum Gasteiger partial charge on any atom is -0.496 e. The van der Waals surface area contributed by atoms with E-state index in [1.54, 1.807) is 20.8 Å². The van der Waals surface area contributed by atoms with Gasteiger partial charge in [-0.3, -0.25) is 9.59 Å². The van der Waals surface area contributed by atoms with Crippen molar-refractivity contribution < 1.29 is 51.7 Å². The van der Waals surface area contributed by atoms with Gasteiger partial charge in [0.2, 0.25) is 0 Å². The van der Waals surface area contributed by atoms with Crippen molar-refractivity contribution in [3.8, 4) is 11.8 Å². The van der Waals surface area contributed by atoms with E-state index in [1.807, 2.05) is 20.8 Å². The monoisotopic (exact) mass is 940 g/mol. The van der Waals surface area contributed by atoms with Gasteiger partial charge in [0.05, 0.1) is 29.8 Å². The summed E-state index contributed by atoms with van der Waals surface area (Å²) in [6, 6.07) is 11.4. The number of alkyl carbamates (subject to hydrolysis) is 1. The van der Waals surface area contributed by atoms with Crippen LogP contribution in [0.5, 0.6) is 5.75 Å². The maximum atomic E-state index is 16.1. The number of nitrogens with one attached hydrogen (secondary N) is 3. The number of nitriles is 1. The Balaban J connectivity index is 1.53.